The molecule has 1 saturated heterocycles. The fourth-order valence-corrected chi connectivity index (χ4v) is 5.54. The van der Waals surface area contributed by atoms with E-state index in [1.807, 2.05) is 18.2 Å². The average Bonchev–Trinajstić information content (AvgIpc) is 3.00. The molecule has 40 heavy (non-hydrogen) atoms. The number of rotatable bonds is 12. The molecule has 1 aliphatic rings. The molecule has 4 heteroatoms. The Morgan fingerprint density at radius 3 is 1.62 bits per heavy atom. The van der Waals surface area contributed by atoms with Gasteiger partial charge in [-0.1, -0.05) is 115 Å². The van der Waals surface area contributed by atoms with Gasteiger partial charge in [-0.2, -0.15) is 0 Å². The maximum atomic E-state index is 6.72. The van der Waals surface area contributed by atoms with Crippen LogP contribution < -0.4 is 0 Å². The molecule has 1 aliphatic heterocycles. The fourth-order valence-electron chi connectivity index (χ4n) is 5.54. The summed E-state index contributed by atoms with van der Waals surface area (Å²) >= 11 is 0. The van der Waals surface area contributed by atoms with Crippen LogP contribution in [0.25, 0.3) is 0 Å². The number of likely N-dealkylation sites (tertiary alicyclic amines) is 1. The van der Waals surface area contributed by atoms with Gasteiger partial charge in [0.05, 0.1) is 25.9 Å². The number of ether oxygens (including phenoxy) is 3. The minimum Gasteiger partial charge on any atom is -0.369 e. The molecule has 0 N–H and O–H groups in total. The summed E-state index contributed by atoms with van der Waals surface area (Å²) in [4.78, 5) is 2.53. The first-order valence-corrected chi connectivity index (χ1v) is 14.4. The molecule has 0 amide bonds. The SMILES string of the molecule is Cc1ccccc1CCN1C[C@H](OCc2ccccc2)[C@@H](OCc2ccccc2)[C@H](OCc2ccccc2)[C@H]1C. The van der Waals surface area contributed by atoms with Crippen molar-refractivity contribution < 1.29 is 14.2 Å². The summed E-state index contributed by atoms with van der Waals surface area (Å²) in [5.41, 5.74) is 6.21. The van der Waals surface area contributed by atoms with Crippen molar-refractivity contribution in [2.45, 2.75) is 64.4 Å². The second kappa shape index (κ2) is 14.4. The van der Waals surface area contributed by atoms with Crippen molar-refractivity contribution in [1.82, 2.24) is 4.90 Å². The van der Waals surface area contributed by atoms with Gasteiger partial charge in [-0.15, -0.1) is 0 Å². The number of aryl methyl sites for hydroxylation is 1. The highest BCUT2D eigenvalue weighted by molar-refractivity contribution is 5.26. The van der Waals surface area contributed by atoms with Gasteiger partial charge in [0.15, 0.2) is 0 Å². The summed E-state index contributed by atoms with van der Waals surface area (Å²) < 4.78 is 20.1. The van der Waals surface area contributed by atoms with Crippen LogP contribution in [-0.2, 0) is 40.5 Å². The molecule has 0 aliphatic carbocycles. The molecule has 0 aromatic heterocycles. The number of piperidine rings is 1. The van der Waals surface area contributed by atoms with Crippen molar-refractivity contribution in [3.63, 3.8) is 0 Å². The molecule has 0 bridgehead atoms. The van der Waals surface area contributed by atoms with Crippen LogP contribution >= 0.6 is 0 Å². The smallest absolute Gasteiger partial charge is 0.113 e. The number of hydrogen-bond donors (Lipinski definition) is 0. The van der Waals surface area contributed by atoms with Crippen molar-refractivity contribution in [3.05, 3.63) is 143 Å². The van der Waals surface area contributed by atoms with E-state index >= 15 is 0 Å². The lowest BCUT2D eigenvalue weighted by molar-refractivity contribution is -0.200. The van der Waals surface area contributed by atoms with E-state index in [-0.39, 0.29) is 24.4 Å². The zero-order valence-corrected chi connectivity index (χ0v) is 23.7. The first-order valence-electron chi connectivity index (χ1n) is 14.4. The van der Waals surface area contributed by atoms with Gasteiger partial charge in [-0.25, -0.2) is 0 Å². The molecule has 1 heterocycles. The van der Waals surface area contributed by atoms with Crippen LogP contribution in [0, 0.1) is 6.92 Å². The maximum absolute atomic E-state index is 6.72. The second-order valence-corrected chi connectivity index (χ2v) is 10.8. The van der Waals surface area contributed by atoms with E-state index in [1.165, 1.54) is 11.1 Å². The summed E-state index contributed by atoms with van der Waals surface area (Å²) in [5, 5.41) is 0. The fraction of sp³-hybridized carbons (Fsp3) is 0.333. The number of nitrogens with zero attached hydrogens (tertiary/aromatic N) is 1. The standard InChI is InChI=1S/C36H41NO3/c1-28-14-12-13-21-33(28)22-23-37-24-34(38-25-30-15-6-3-7-16-30)36(40-27-32-19-10-5-11-20-32)35(29(37)2)39-26-31-17-8-4-9-18-31/h3-21,29,34-36H,22-27H2,1-2H3/t29-,34+,35-,36-/m1/s1. The van der Waals surface area contributed by atoms with Gasteiger partial charge < -0.3 is 14.2 Å². The Labute approximate surface area is 239 Å². The van der Waals surface area contributed by atoms with Crippen molar-refractivity contribution in [3.8, 4) is 0 Å². The van der Waals surface area contributed by atoms with E-state index in [2.05, 4.69) is 116 Å². The predicted octanol–water partition coefficient (Wildman–Crippen LogP) is 7.00. The van der Waals surface area contributed by atoms with Crippen LogP contribution in [-0.4, -0.2) is 42.3 Å². The van der Waals surface area contributed by atoms with Gasteiger partial charge in [-0.3, -0.25) is 4.90 Å². The normalized spacial score (nSPS) is 21.4. The van der Waals surface area contributed by atoms with Crippen molar-refractivity contribution in [1.29, 1.82) is 0 Å². The van der Waals surface area contributed by atoms with E-state index < -0.39 is 0 Å². The van der Waals surface area contributed by atoms with E-state index in [9.17, 15) is 0 Å². The minimum absolute atomic E-state index is 0.127. The van der Waals surface area contributed by atoms with E-state index in [4.69, 9.17) is 14.2 Å². The molecule has 0 saturated carbocycles. The largest absolute Gasteiger partial charge is 0.369 e. The topological polar surface area (TPSA) is 30.9 Å². The summed E-state index contributed by atoms with van der Waals surface area (Å²) in [6, 6.07) is 40.0. The number of benzene rings is 4. The van der Waals surface area contributed by atoms with Crippen LogP contribution in [0.1, 0.15) is 34.7 Å². The Bertz CT molecular complexity index is 1280. The van der Waals surface area contributed by atoms with Gasteiger partial charge in [-0.05, 0) is 48.1 Å². The van der Waals surface area contributed by atoms with Crippen molar-refractivity contribution in [2.75, 3.05) is 13.1 Å². The molecule has 4 atom stereocenters. The van der Waals surface area contributed by atoms with Crippen LogP contribution in [0.4, 0.5) is 0 Å². The van der Waals surface area contributed by atoms with Crippen molar-refractivity contribution >= 4 is 0 Å². The molecular formula is C36H41NO3. The Hall–Kier alpha value is -3.28. The monoisotopic (exact) mass is 535 g/mol. The lowest BCUT2D eigenvalue weighted by atomic mass is 9.93. The van der Waals surface area contributed by atoms with Crippen molar-refractivity contribution in [2.24, 2.45) is 0 Å². The van der Waals surface area contributed by atoms with Crippen LogP contribution in [0.15, 0.2) is 115 Å². The summed E-state index contributed by atoms with van der Waals surface area (Å²) in [7, 11) is 0. The minimum atomic E-state index is -0.197. The number of hydrogen-bond acceptors (Lipinski definition) is 4. The molecular weight excluding hydrogens is 494 g/mol. The van der Waals surface area contributed by atoms with Gasteiger partial charge in [0.2, 0.25) is 0 Å². The van der Waals surface area contributed by atoms with Gasteiger partial charge >= 0.3 is 0 Å². The van der Waals surface area contributed by atoms with Gasteiger partial charge in [0, 0.05) is 19.1 Å². The predicted molar refractivity (Wildman–Crippen MR) is 161 cm³/mol. The summed E-state index contributed by atoms with van der Waals surface area (Å²) in [6.07, 6.45) is 0.522. The Kier molecular flexibility index (Phi) is 10.2. The Morgan fingerprint density at radius 2 is 1.07 bits per heavy atom. The summed E-state index contributed by atoms with van der Waals surface area (Å²) in [6.45, 7) is 7.82. The quantitative estimate of drug-likeness (QED) is 0.195. The highest BCUT2D eigenvalue weighted by Gasteiger charge is 2.43. The highest BCUT2D eigenvalue weighted by atomic mass is 16.6. The van der Waals surface area contributed by atoms with E-state index in [0.717, 1.165) is 36.2 Å². The third-order valence-electron chi connectivity index (χ3n) is 7.96. The third kappa shape index (κ3) is 7.67. The first-order chi connectivity index (χ1) is 19.7. The third-order valence-corrected chi connectivity index (χ3v) is 7.96. The van der Waals surface area contributed by atoms with Crippen LogP contribution in [0.3, 0.4) is 0 Å². The van der Waals surface area contributed by atoms with E-state index in [0.29, 0.717) is 19.8 Å². The molecule has 208 valence electrons. The molecule has 4 nitrogen and oxygen atoms in total. The van der Waals surface area contributed by atoms with Crippen LogP contribution in [0.5, 0.6) is 0 Å². The molecule has 4 aromatic rings. The zero-order chi connectivity index (χ0) is 27.6. The van der Waals surface area contributed by atoms with Crippen LogP contribution in [0.2, 0.25) is 0 Å². The average molecular weight is 536 g/mol. The van der Waals surface area contributed by atoms with Gasteiger partial charge in [0.25, 0.3) is 0 Å². The summed E-state index contributed by atoms with van der Waals surface area (Å²) in [5.74, 6) is 0. The Balaban J connectivity index is 1.38. The second-order valence-electron chi connectivity index (χ2n) is 10.8. The lowest BCUT2D eigenvalue weighted by Crippen LogP contribution is -2.62. The highest BCUT2D eigenvalue weighted by Crippen LogP contribution is 2.29. The molecule has 0 spiro atoms. The maximum Gasteiger partial charge on any atom is 0.113 e. The zero-order valence-electron chi connectivity index (χ0n) is 23.7. The molecule has 5 rings (SSSR count). The molecule has 4 aromatic carbocycles. The first kappa shape index (κ1) is 28.3. The molecule has 1 fully saturated rings. The lowest BCUT2D eigenvalue weighted by Gasteiger charge is -2.47. The molecule has 0 unspecified atom stereocenters. The van der Waals surface area contributed by atoms with Gasteiger partial charge in [0.1, 0.15) is 12.2 Å². The van der Waals surface area contributed by atoms with E-state index in [1.54, 1.807) is 0 Å². The Morgan fingerprint density at radius 1 is 0.600 bits per heavy atom. The molecule has 0 radical (unpaired) electrons.